The van der Waals surface area contributed by atoms with Gasteiger partial charge in [0, 0.05) is 5.88 Å². The summed E-state index contributed by atoms with van der Waals surface area (Å²) in [6.07, 6.45) is 3.13. The second kappa shape index (κ2) is 6.12. The van der Waals surface area contributed by atoms with Crippen LogP contribution in [-0.4, -0.2) is 5.88 Å². The molecule has 0 aliphatic rings. The van der Waals surface area contributed by atoms with E-state index in [1.54, 1.807) is 6.07 Å². The third-order valence-electron chi connectivity index (χ3n) is 2.73. The van der Waals surface area contributed by atoms with E-state index in [0.717, 1.165) is 30.4 Å². The summed E-state index contributed by atoms with van der Waals surface area (Å²) in [7, 11) is 0. The van der Waals surface area contributed by atoms with Gasteiger partial charge < -0.3 is 0 Å². The number of rotatable bonds is 5. The van der Waals surface area contributed by atoms with Gasteiger partial charge in [0.15, 0.2) is 0 Å². The van der Waals surface area contributed by atoms with E-state index in [-0.39, 0.29) is 5.82 Å². The smallest absolute Gasteiger partial charge is 0.123 e. The molecule has 15 heavy (non-hydrogen) atoms. The molecule has 0 nitrogen and oxygen atoms in total. The maximum Gasteiger partial charge on any atom is 0.123 e. The number of benzene rings is 1. The van der Waals surface area contributed by atoms with Gasteiger partial charge in [-0.2, -0.15) is 0 Å². The largest absolute Gasteiger partial charge is 0.207 e. The number of alkyl halides is 1. The quantitative estimate of drug-likeness (QED) is 0.658. The van der Waals surface area contributed by atoms with Crippen LogP contribution in [0.2, 0.25) is 0 Å². The Labute approximate surface area is 96.5 Å². The van der Waals surface area contributed by atoms with Gasteiger partial charge in [-0.25, -0.2) is 4.39 Å². The van der Waals surface area contributed by atoms with Gasteiger partial charge in [0.2, 0.25) is 0 Å². The van der Waals surface area contributed by atoms with Crippen LogP contribution in [0, 0.1) is 18.7 Å². The summed E-state index contributed by atoms with van der Waals surface area (Å²) < 4.78 is 13.1. The minimum absolute atomic E-state index is 0.152. The summed E-state index contributed by atoms with van der Waals surface area (Å²) in [5, 5.41) is 0. The molecule has 0 saturated carbocycles. The highest BCUT2D eigenvalue weighted by Crippen LogP contribution is 2.19. The van der Waals surface area contributed by atoms with Crippen LogP contribution in [0.3, 0.4) is 0 Å². The topological polar surface area (TPSA) is 0 Å². The highest BCUT2D eigenvalue weighted by molar-refractivity contribution is 6.18. The molecule has 1 rings (SSSR count). The summed E-state index contributed by atoms with van der Waals surface area (Å²) in [6, 6.07) is 4.97. The van der Waals surface area contributed by atoms with Gasteiger partial charge in [0.1, 0.15) is 5.82 Å². The molecule has 0 spiro atoms. The van der Waals surface area contributed by atoms with Crippen LogP contribution in [-0.2, 0) is 6.42 Å². The molecule has 84 valence electrons. The monoisotopic (exact) mass is 228 g/mol. The van der Waals surface area contributed by atoms with Gasteiger partial charge in [-0.1, -0.05) is 19.4 Å². The lowest BCUT2D eigenvalue weighted by Gasteiger charge is -2.14. The number of hydrogen-bond acceptors (Lipinski definition) is 0. The maximum absolute atomic E-state index is 13.1. The molecule has 0 fully saturated rings. The van der Waals surface area contributed by atoms with Crippen LogP contribution in [0.5, 0.6) is 0 Å². The fraction of sp³-hybridized carbons (Fsp3) is 0.538. The van der Waals surface area contributed by atoms with E-state index < -0.39 is 0 Å². The number of halogens is 2. The van der Waals surface area contributed by atoms with E-state index in [1.807, 2.05) is 13.0 Å². The first-order valence-electron chi connectivity index (χ1n) is 5.48. The van der Waals surface area contributed by atoms with Gasteiger partial charge in [-0.3, -0.25) is 0 Å². The van der Waals surface area contributed by atoms with Crippen molar-refractivity contribution < 1.29 is 4.39 Å². The van der Waals surface area contributed by atoms with Crippen molar-refractivity contribution in [3.05, 3.63) is 35.1 Å². The molecule has 0 heterocycles. The van der Waals surface area contributed by atoms with E-state index in [4.69, 9.17) is 11.6 Å². The number of aryl methyl sites for hydroxylation is 1. The lowest BCUT2D eigenvalue weighted by Crippen LogP contribution is -2.07. The molecule has 1 aromatic carbocycles. The third-order valence-corrected chi connectivity index (χ3v) is 3.17. The molecular formula is C13H18ClF. The highest BCUT2D eigenvalue weighted by Gasteiger charge is 2.09. The van der Waals surface area contributed by atoms with Crippen LogP contribution in [0.15, 0.2) is 18.2 Å². The predicted octanol–water partition coefficient (Wildman–Crippen LogP) is 4.33. The molecule has 0 bridgehead atoms. The fourth-order valence-electron chi connectivity index (χ4n) is 1.81. The van der Waals surface area contributed by atoms with Crippen molar-refractivity contribution in [1.29, 1.82) is 0 Å². The van der Waals surface area contributed by atoms with Crippen molar-refractivity contribution in [2.24, 2.45) is 5.92 Å². The third kappa shape index (κ3) is 3.83. The molecule has 1 unspecified atom stereocenters. The molecule has 0 aromatic heterocycles. The van der Waals surface area contributed by atoms with Gasteiger partial charge in [-0.15, -0.1) is 11.6 Å². The standard InChI is InChI=1S/C13H18ClF/c1-3-4-11(9-14)7-12-8-13(15)6-5-10(12)2/h5-6,8,11H,3-4,7,9H2,1-2H3. The lowest BCUT2D eigenvalue weighted by atomic mass is 9.94. The zero-order chi connectivity index (χ0) is 11.3. The molecule has 0 amide bonds. The second-order valence-corrected chi connectivity index (χ2v) is 4.39. The summed E-state index contributed by atoms with van der Waals surface area (Å²) in [5.41, 5.74) is 2.25. The van der Waals surface area contributed by atoms with Gasteiger partial charge >= 0.3 is 0 Å². The van der Waals surface area contributed by atoms with E-state index >= 15 is 0 Å². The van der Waals surface area contributed by atoms with Gasteiger partial charge in [-0.05, 0) is 48.9 Å². The fourth-order valence-corrected chi connectivity index (χ4v) is 2.08. The Morgan fingerprint density at radius 3 is 2.73 bits per heavy atom. The Bertz CT molecular complexity index is 309. The Kier molecular flexibility index (Phi) is 5.10. The first kappa shape index (κ1) is 12.5. The van der Waals surface area contributed by atoms with Crippen LogP contribution in [0.25, 0.3) is 0 Å². The highest BCUT2D eigenvalue weighted by atomic mass is 35.5. The van der Waals surface area contributed by atoms with Gasteiger partial charge in [0.05, 0.1) is 0 Å². The summed E-state index contributed by atoms with van der Waals surface area (Å²) >= 11 is 5.89. The molecule has 1 aromatic rings. The molecule has 0 N–H and O–H groups in total. The Morgan fingerprint density at radius 2 is 2.13 bits per heavy atom. The van der Waals surface area contributed by atoms with E-state index in [9.17, 15) is 4.39 Å². The molecule has 0 aliphatic heterocycles. The van der Waals surface area contributed by atoms with Crippen LogP contribution in [0.4, 0.5) is 4.39 Å². The number of hydrogen-bond donors (Lipinski definition) is 0. The van der Waals surface area contributed by atoms with E-state index in [0.29, 0.717) is 11.8 Å². The van der Waals surface area contributed by atoms with Crippen molar-refractivity contribution >= 4 is 11.6 Å². The van der Waals surface area contributed by atoms with Crippen molar-refractivity contribution in [1.82, 2.24) is 0 Å². The Hall–Kier alpha value is -0.560. The Morgan fingerprint density at radius 1 is 1.40 bits per heavy atom. The normalized spacial score (nSPS) is 12.8. The van der Waals surface area contributed by atoms with Crippen LogP contribution >= 0.6 is 11.6 Å². The van der Waals surface area contributed by atoms with E-state index in [2.05, 4.69) is 6.92 Å². The SMILES string of the molecule is CCCC(CCl)Cc1cc(F)ccc1C. The lowest BCUT2D eigenvalue weighted by molar-refractivity contribution is 0.524. The summed E-state index contributed by atoms with van der Waals surface area (Å²) in [5.74, 6) is 0.974. The molecular weight excluding hydrogens is 211 g/mol. The average Bonchev–Trinajstić information content (AvgIpc) is 2.22. The van der Waals surface area contributed by atoms with Crippen molar-refractivity contribution in [3.63, 3.8) is 0 Å². The predicted molar refractivity (Wildman–Crippen MR) is 64.0 cm³/mol. The summed E-state index contributed by atoms with van der Waals surface area (Å²) in [4.78, 5) is 0. The molecule has 1 atom stereocenters. The maximum atomic E-state index is 13.1. The summed E-state index contributed by atoms with van der Waals surface area (Å²) in [6.45, 7) is 4.17. The van der Waals surface area contributed by atoms with Crippen LogP contribution in [0.1, 0.15) is 30.9 Å². The van der Waals surface area contributed by atoms with Gasteiger partial charge in [0.25, 0.3) is 0 Å². The second-order valence-electron chi connectivity index (χ2n) is 4.08. The first-order chi connectivity index (χ1) is 7.17. The molecule has 0 saturated heterocycles. The average molecular weight is 229 g/mol. The first-order valence-corrected chi connectivity index (χ1v) is 6.01. The van der Waals surface area contributed by atoms with E-state index in [1.165, 1.54) is 6.07 Å². The Balaban J connectivity index is 2.73. The molecule has 2 heteroatoms. The zero-order valence-corrected chi connectivity index (χ0v) is 10.1. The van der Waals surface area contributed by atoms with Crippen molar-refractivity contribution in [2.45, 2.75) is 33.1 Å². The minimum Gasteiger partial charge on any atom is -0.207 e. The van der Waals surface area contributed by atoms with Crippen molar-refractivity contribution in [3.8, 4) is 0 Å². The molecule has 0 aliphatic carbocycles. The van der Waals surface area contributed by atoms with Crippen LogP contribution < -0.4 is 0 Å². The minimum atomic E-state index is -0.152. The van der Waals surface area contributed by atoms with Crippen molar-refractivity contribution in [2.75, 3.05) is 5.88 Å². The zero-order valence-electron chi connectivity index (χ0n) is 9.39. The molecule has 0 radical (unpaired) electrons.